The van der Waals surface area contributed by atoms with Gasteiger partial charge in [0.15, 0.2) is 0 Å². The molecule has 0 fully saturated rings. The predicted molar refractivity (Wildman–Crippen MR) is 64.0 cm³/mol. The fourth-order valence-corrected chi connectivity index (χ4v) is 1.74. The first-order valence-corrected chi connectivity index (χ1v) is 5.65. The molecule has 0 aliphatic rings. The van der Waals surface area contributed by atoms with Crippen molar-refractivity contribution in [2.45, 2.75) is 45.7 Å². The molecule has 1 aromatic carbocycles. The molecule has 0 radical (unpaired) electrons. The average Bonchev–Trinajstić information content (AvgIpc) is 2.15. The molecule has 0 saturated heterocycles. The highest BCUT2D eigenvalue weighted by atomic mass is 19.4. The molecule has 17 heavy (non-hydrogen) atoms. The van der Waals surface area contributed by atoms with Crippen LogP contribution in [0.2, 0.25) is 0 Å². The van der Waals surface area contributed by atoms with Crippen LogP contribution in [0.4, 0.5) is 18.9 Å². The van der Waals surface area contributed by atoms with Crippen LogP contribution in [0.15, 0.2) is 12.1 Å². The topological polar surface area (TPSA) is 26.0 Å². The summed E-state index contributed by atoms with van der Waals surface area (Å²) in [7, 11) is 0. The summed E-state index contributed by atoms with van der Waals surface area (Å²) in [4.78, 5) is 0. The number of rotatable bonds is 2. The van der Waals surface area contributed by atoms with Crippen LogP contribution >= 0.6 is 0 Å². The van der Waals surface area contributed by atoms with Crippen LogP contribution in [0, 0.1) is 0 Å². The smallest absolute Gasteiger partial charge is 0.398 e. The molecular weight excluding hydrogens is 227 g/mol. The number of hydrogen-bond donors (Lipinski definition) is 1. The molecule has 1 aromatic rings. The third-order valence-corrected chi connectivity index (χ3v) is 2.83. The molecule has 0 unspecified atom stereocenters. The number of hydrogen-bond acceptors (Lipinski definition) is 1. The van der Waals surface area contributed by atoms with Crippen LogP contribution in [0.1, 0.15) is 56.2 Å². The van der Waals surface area contributed by atoms with E-state index in [-0.39, 0.29) is 17.5 Å². The van der Waals surface area contributed by atoms with E-state index in [0.717, 1.165) is 6.07 Å². The van der Waals surface area contributed by atoms with Gasteiger partial charge in [-0.05, 0) is 29.0 Å². The lowest BCUT2D eigenvalue weighted by Gasteiger charge is -2.19. The maximum Gasteiger partial charge on any atom is 0.418 e. The van der Waals surface area contributed by atoms with E-state index in [0.29, 0.717) is 11.1 Å². The van der Waals surface area contributed by atoms with Gasteiger partial charge < -0.3 is 5.73 Å². The molecular formula is C13H18F3N. The van der Waals surface area contributed by atoms with Gasteiger partial charge in [-0.2, -0.15) is 13.2 Å². The Labute approximate surface area is 99.8 Å². The third-order valence-electron chi connectivity index (χ3n) is 2.83. The maximum atomic E-state index is 12.9. The summed E-state index contributed by atoms with van der Waals surface area (Å²) in [6, 6.07) is 2.94. The second-order valence-electron chi connectivity index (χ2n) is 4.88. The Morgan fingerprint density at radius 2 is 1.53 bits per heavy atom. The molecule has 0 spiro atoms. The van der Waals surface area contributed by atoms with Gasteiger partial charge in [-0.25, -0.2) is 0 Å². The van der Waals surface area contributed by atoms with E-state index in [9.17, 15) is 13.2 Å². The highest BCUT2D eigenvalue weighted by molar-refractivity contribution is 5.58. The van der Waals surface area contributed by atoms with Gasteiger partial charge in [0.25, 0.3) is 0 Å². The normalized spacial score (nSPS) is 12.5. The van der Waals surface area contributed by atoms with Crippen LogP contribution < -0.4 is 5.73 Å². The Morgan fingerprint density at radius 3 is 1.88 bits per heavy atom. The molecule has 0 atom stereocenters. The Bertz CT molecular complexity index is 406. The summed E-state index contributed by atoms with van der Waals surface area (Å²) >= 11 is 0. The summed E-state index contributed by atoms with van der Waals surface area (Å²) in [5, 5.41) is 0. The van der Waals surface area contributed by atoms with E-state index < -0.39 is 11.7 Å². The molecule has 0 amide bonds. The van der Waals surface area contributed by atoms with Crippen molar-refractivity contribution in [1.29, 1.82) is 0 Å². The van der Waals surface area contributed by atoms with Gasteiger partial charge in [0.05, 0.1) is 5.56 Å². The number of anilines is 1. The first-order chi connectivity index (χ1) is 7.64. The average molecular weight is 245 g/mol. The zero-order valence-corrected chi connectivity index (χ0v) is 10.5. The van der Waals surface area contributed by atoms with E-state index in [2.05, 4.69) is 0 Å². The monoisotopic (exact) mass is 245 g/mol. The summed E-state index contributed by atoms with van der Waals surface area (Å²) in [5.41, 5.74) is 6.01. The van der Waals surface area contributed by atoms with Gasteiger partial charge >= 0.3 is 6.18 Å². The molecule has 0 saturated carbocycles. The number of nitrogens with two attached hydrogens (primary N) is 1. The van der Waals surface area contributed by atoms with E-state index in [1.54, 1.807) is 6.07 Å². The zero-order valence-electron chi connectivity index (χ0n) is 10.5. The second-order valence-corrected chi connectivity index (χ2v) is 4.88. The van der Waals surface area contributed by atoms with Crippen LogP contribution in [0.25, 0.3) is 0 Å². The molecule has 0 heterocycles. The summed E-state index contributed by atoms with van der Waals surface area (Å²) in [6.07, 6.45) is -4.39. The number of nitrogen functional groups attached to an aromatic ring is 1. The van der Waals surface area contributed by atoms with Gasteiger partial charge in [-0.1, -0.05) is 33.8 Å². The molecule has 1 nitrogen and oxygen atoms in total. The van der Waals surface area contributed by atoms with Crippen molar-refractivity contribution < 1.29 is 13.2 Å². The van der Waals surface area contributed by atoms with Crippen molar-refractivity contribution in [3.63, 3.8) is 0 Å². The fourth-order valence-electron chi connectivity index (χ4n) is 1.74. The van der Waals surface area contributed by atoms with Crippen molar-refractivity contribution in [1.82, 2.24) is 0 Å². The third kappa shape index (κ3) is 2.93. The van der Waals surface area contributed by atoms with Crippen molar-refractivity contribution in [3.8, 4) is 0 Å². The van der Waals surface area contributed by atoms with Crippen molar-refractivity contribution >= 4 is 5.69 Å². The molecule has 96 valence electrons. The van der Waals surface area contributed by atoms with Crippen LogP contribution in [-0.2, 0) is 6.18 Å². The molecule has 4 heteroatoms. The van der Waals surface area contributed by atoms with Gasteiger partial charge in [-0.3, -0.25) is 0 Å². The summed E-state index contributed by atoms with van der Waals surface area (Å²) in [6.45, 7) is 7.43. The lowest BCUT2D eigenvalue weighted by atomic mass is 9.91. The second kappa shape index (κ2) is 4.59. The molecule has 1 rings (SSSR count). The molecule has 0 bridgehead atoms. The van der Waals surface area contributed by atoms with Gasteiger partial charge in [0.2, 0.25) is 0 Å². The predicted octanol–water partition coefficient (Wildman–Crippen LogP) is 4.53. The minimum atomic E-state index is -4.39. The number of halogens is 3. The van der Waals surface area contributed by atoms with E-state index in [4.69, 9.17) is 5.73 Å². The lowest BCUT2D eigenvalue weighted by Crippen LogP contribution is -2.13. The Morgan fingerprint density at radius 1 is 1.00 bits per heavy atom. The van der Waals surface area contributed by atoms with Crippen LogP contribution in [0.3, 0.4) is 0 Å². The first-order valence-electron chi connectivity index (χ1n) is 5.65. The van der Waals surface area contributed by atoms with Crippen LogP contribution in [0.5, 0.6) is 0 Å². The van der Waals surface area contributed by atoms with Crippen molar-refractivity contribution in [3.05, 3.63) is 28.8 Å². The number of alkyl halides is 3. The van der Waals surface area contributed by atoms with E-state index >= 15 is 0 Å². The standard InChI is InChI=1S/C13H18F3N/c1-7(2)9-5-10(8(3)4)12(17)11(6-9)13(14,15)16/h5-8H,17H2,1-4H3. The zero-order chi connectivity index (χ0) is 13.4. The summed E-state index contributed by atoms with van der Waals surface area (Å²) in [5.74, 6) is 0.0315. The van der Waals surface area contributed by atoms with Crippen molar-refractivity contribution in [2.75, 3.05) is 5.73 Å². The minimum Gasteiger partial charge on any atom is -0.398 e. The lowest BCUT2D eigenvalue weighted by molar-refractivity contribution is -0.137. The van der Waals surface area contributed by atoms with E-state index in [1.807, 2.05) is 27.7 Å². The van der Waals surface area contributed by atoms with Gasteiger partial charge in [0, 0.05) is 5.69 Å². The van der Waals surface area contributed by atoms with Crippen LogP contribution in [-0.4, -0.2) is 0 Å². The molecule has 0 aliphatic heterocycles. The Kier molecular flexibility index (Phi) is 3.74. The largest absolute Gasteiger partial charge is 0.418 e. The molecule has 0 aromatic heterocycles. The SMILES string of the molecule is CC(C)c1cc(C(C)C)c(N)c(C(F)(F)F)c1. The molecule has 0 aliphatic carbocycles. The first kappa shape index (κ1) is 13.9. The highest BCUT2D eigenvalue weighted by Gasteiger charge is 2.34. The summed E-state index contributed by atoms with van der Waals surface area (Å²) < 4.78 is 38.6. The van der Waals surface area contributed by atoms with Crippen molar-refractivity contribution in [2.24, 2.45) is 0 Å². The number of benzene rings is 1. The minimum absolute atomic E-state index is 0.0187. The fraction of sp³-hybridized carbons (Fsp3) is 0.538. The quantitative estimate of drug-likeness (QED) is 0.761. The van der Waals surface area contributed by atoms with Gasteiger partial charge in [-0.15, -0.1) is 0 Å². The highest BCUT2D eigenvalue weighted by Crippen LogP contribution is 2.39. The molecule has 2 N–H and O–H groups in total. The maximum absolute atomic E-state index is 12.9. The van der Waals surface area contributed by atoms with Gasteiger partial charge in [0.1, 0.15) is 0 Å². The Balaban J connectivity index is 3.49. The Hall–Kier alpha value is -1.19. The van der Waals surface area contributed by atoms with E-state index in [1.165, 1.54) is 0 Å².